The molecule has 1 aromatic heterocycles. The number of benzene rings is 3. The molecule has 1 N–H and O–H groups in total. The van der Waals surface area contributed by atoms with Crippen molar-refractivity contribution in [3.63, 3.8) is 0 Å². The quantitative estimate of drug-likeness (QED) is 0.314. The van der Waals surface area contributed by atoms with Gasteiger partial charge in [0.05, 0.1) is 11.3 Å². The number of thioether (sulfide) groups is 1. The Balaban J connectivity index is 1.52. The summed E-state index contributed by atoms with van der Waals surface area (Å²) in [6.45, 7) is 2.55. The van der Waals surface area contributed by atoms with E-state index in [9.17, 15) is 4.79 Å². The van der Waals surface area contributed by atoms with Gasteiger partial charge in [0.15, 0.2) is 5.82 Å². The standard InChI is InChI=1S/C24H20ClN3OS/c1-16-7-9-17(10-8-16)14-26-22(29)15-30-24-20-13-19(25)11-12-21(20)27-23(28-24)18-5-3-2-4-6-18/h2-13H,14-15H2,1H3,(H,26,29). The summed E-state index contributed by atoms with van der Waals surface area (Å²) < 4.78 is 0. The van der Waals surface area contributed by atoms with Gasteiger partial charge in [-0.2, -0.15) is 0 Å². The predicted molar refractivity (Wildman–Crippen MR) is 124 cm³/mol. The van der Waals surface area contributed by atoms with Crippen LogP contribution in [0.1, 0.15) is 11.1 Å². The molecule has 4 aromatic rings. The Morgan fingerprint density at radius 2 is 1.77 bits per heavy atom. The van der Waals surface area contributed by atoms with Gasteiger partial charge in [-0.3, -0.25) is 4.79 Å². The molecule has 0 fully saturated rings. The van der Waals surface area contributed by atoms with Crippen molar-refractivity contribution in [3.05, 3.63) is 88.9 Å². The van der Waals surface area contributed by atoms with Crippen LogP contribution in [0.3, 0.4) is 0 Å². The summed E-state index contributed by atoms with van der Waals surface area (Å²) in [4.78, 5) is 21.8. The van der Waals surface area contributed by atoms with E-state index in [1.807, 2.05) is 79.7 Å². The molecule has 1 heterocycles. The number of carbonyl (C=O) groups excluding carboxylic acids is 1. The monoisotopic (exact) mass is 433 g/mol. The first-order valence-corrected chi connectivity index (χ1v) is 10.9. The predicted octanol–water partition coefficient (Wildman–Crippen LogP) is 5.67. The molecule has 0 aliphatic rings. The SMILES string of the molecule is Cc1ccc(CNC(=O)CSc2nc(-c3ccccc3)nc3ccc(Cl)cc23)cc1. The highest BCUT2D eigenvalue weighted by atomic mass is 35.5. The van der Waals surface area contributed by atoms with E-state index in [2.05, 4.69) is 10.3 Å². The van der Waals surface area contributed by atoms with Crippen LogP contribution in [0.2, 0.25) is 5.02 Å². The molecule has 0 bridgehead atoms. The molecule has 30 heavy (non-hydrogen) atoms. The van der Waals surface area contributed by atoms with Gasteiger partial charge in [-0.05, 0) is 30.7 Å². The van der Waals surface area contributed by atoms with E-state index in [1.165, 1.54) is 17.3 Å². The van der Waals surface area contributed by atoms with Crippen molar-refractivity contribution >= 4 is 40.2 Å². The largest absolute Gasteiger partial charge is 0.351 e. The molecule has 0 saturated heterocycles. The van der Waals surface area contributed by atoms with Crippen LogP contribution >= 0.6 is 23.4 Å². The van der Waals surface area contributed by atoms with Crippen LogP contribution in [-0.2, 0) is 11.3 Å². The van der Waals surface area contributed by atoms with E-state index in [1.54, 1.807) is 0 Å². The molecule has 0 atom stereocenters. The fourth-order valence-corrected chi connectivity index (χ4v) is 4.00. The van der Waals surface area contributed by atoms with E-state index in [0.29, 0.717) is 17.4 Å². The van der Waals surface area contributed by atoms with Gasteiger partial charge in [-0.1, -0.05) is 83.5 Å². The summed E-state index contributed by atoms with van der Waals surface area (Å²) in [6.07, 6.45) is 0. The number of hydrogen-bond donors (Lipinski definition) is 1. The molecule has 4 rings (SSSR count). The van der Waals surface area contributed by atoms with Gasteiger partial charge in [0.2, 0.25) is 5.91 Å². The second-order valence-corrected chi connectivity index (χ2v) is 8.33. The number of nitrogens with zero attached hydrogens (tertiary/aromatic N) is 2. The summed E-state index contributed by atoms with van der Waals surface area (Å²) >= 11 is 7.59. The Hall–Kier alpha value is -2.89. The van der Waals surface area contributed by atoms with Gasteiger partial charge in [0.25, 0.3) is 0 Å². The van der Waals surface area contributed by atoms with Crippen LogP contribution in [-0.4, -0.2) is 21.6 Å². The number of nitrogens with one attached hydrogen (secondary N) is 1. The molecule has 150 valence electrons. The smallest absolute Gasteiger partial charge is 0.230 e. The van der Waals surface area contributed by atoms with Crippen LogP contribution in [0, 0.1) is 6.92 Å². The number of aromatic nitrogens is 2. The van der Waals surface area contributed by atoms with Crippen LogP contribution in [0.4, 0.5) is 0 Å². The van der Waals surface area contributed by atoms with Crippen molar-refractivity contribution in [2.45, 2.75) is 18.5 Å². The first-order valence-electron chi connectivity index (χ1n) is 9.56. The average Bonchev–Trinajstić information content (AvgIpc) is 2.77. The number of carbonyl (C=O) groups is 1. The van der Waals surface area contributed by atoms with Crippen molar-refractivity contribution < 1.29 is 4.79 Å². The van der Waals surface area contributed by atoms with E-state index >= 15 is 0 Å². The van der Waals surface area contributed by atoms with Crippen molar-refractivity contribution in [3.8, 4) is 11.4 Å². The van der Waals surface area contributed by atoms with Crippen molar-refractivity contribution in [1.29, 1.82) is 0 Å². The molecule has 4 nitrogen and oxygen atoms in total. The summed E-state index contributed by atoms with van der Waals surface area (Å²) in [6, 6.07) is 23.5. The highest BCUT2D eigenvalue weighted by molar-refractivity contribution is 8.00. The average molecular weight is 434 g/mol. The summed E-state index contributed by atoms with van der Waals surface area (Å²) in [7, 11) is 0. The fraction of sp³-hybridized carbons (Fsp3) is 0.125. The number of fused-ring (bicyclic) bond motifs is 1. The lowest BCUT2D eigenvalue weighted by Crippen LogP contribution is -2.24. The Morgan fingerprint density at radius 1 is 1.00 bits per heavy atom. The molecular weight excluding hydrogens is 414 g/mol. The van der Waals surface area contributed by atoms with Crippen molar-refractivity contribution in [2.75, 3.05) is 5.75 Å². The lowest BCUT2D eigenvalue weighted by Gasteiger charge is -2.10. The van der Waals surface area contributed by atoms with E-state index in [0.717, 1.165) is 27.1 Å². The minimum absolute atomic E-state index is 0.0457. The highest BCUT2D eigenvalue weighted by Gasteiger charge is 2.12. The minimum atomic E-state index is -0.0457. The summed E-state index contributed by atoms with van der Waals surface area (Å²) in [5, 5.41) is 5.17. The molecule has 0 unspecified atom stereocenters. The Morgan fingerprint density at radius 3 is 2.53 bits per heavy atom. The Kier molecular flexibility index (Phi) is 6.31. The van der Waals surface area contributed by atoms with Gasteiger partial charge >= 0.3 is 0 Å². The zero-order valence-corrected chi connectivity index (χ0v) is 18.0. The maximum Gasteiger partial charge on any atom is 0.230 e. The maximum absolute atomic E-state index is 12.4. The van der Waals surface area contributed by atoms with E-state index in [4.69, 9.17) is 16.6 Å². The third kappa shape index (κ3) is 4.99. The van der Waals surface area contributed by atoms with Gasteiger partial charge < -0.3 is 5.32 Å². The Bertz CT molecular complexity index is 1180. The molecule has 0 aliphatic heterocycles. The maximum atomic E-state index is 12.4. The molecule has 0 aliphatic carbocycles. The van der Waals surface area contributed by atoms with Gasteiger partial charge in [0, 0.05) is 22.5 Å². The highest BCUT2D eigenvalue weighted by Crippen LogP contribution is 2.30. The molecule has 0 radical (unpaired) electrons. The third-order valence-corrected chi connectivity index (χ3v) is 5.83. The lowest BCUT2D eigenvalue weighted by molar-refractivity contribution is -0.118. The van der Waals surface area contributed by atoms with Gasteiger partial charge in [-0.15, -0.1) is 0 Å². The molecule has 0 spiro atoms. The van der Waals surface area contributed by atoms with Gasteiger partial charge in [0.1, 0.15) is 5.03 Å². The van der Waals surface area contributed by atoms with Gasteiger partial charge in [-0.25, -0.2) is 9.97 Å². The summed E-state index contributed by atoms with van der Waals surface area (Å²) in [5.74, 6) is 0.849. The number of hydrogen-bond acceptors (Lipinski definition) is 4. The first kappa shape index (κ1) is 20.4. The number of aryl methyl sites for hydroxylation is 1. The fourth-order valence-electron chi connectivity index (χ4n) is 2.99. The summed E-state index contributed by atoms with van der Waals surface area (Å²) in [5.41, 5.74) is 4.00. The Labute approximate surface area is 184 Å². The molecule has 1 amide bonds. The third-order valence-electron chi connectivity index (χ3n) is 4.61. The number of halogens is 1. The zero-order chi connectivity index (χ0) is 20.9. The number of rotatable bonds is 6. The molecular formula is C24H20ClN3OS. The zero-order valence-electron chi connectivity index (χ0n) is 16.4. The molecule has 3 aromatic carbocycles. The van der Waals surface area contributed by atoms with Crippen LogP contribution in [0.5, 0.6) is 0 Å². The second-order valence-electron chi connectivity index (χ2n) is 6.93. The van der Waals surface area contributed by atoms with Crippen LogP contribution < -0.4 is 5.32 Å². The van der Waals surface area contributed by atoms with Crippen molar-refractivity contribution in [2.24, 2.45) is 0 Å². The second kappa shape index (κ2) is 9.28. The van der Waals surface area contributed by atoms with Crippen LogP contribution in [0.15, 0.2) is 77.8 Å². The molecule has 0 saturated carbocycles. The molecule has 6 heteroatoms. The van der Waals surface area contributed by atoms with Crippen molar-refractivity contribution in [1.82, 2.24) is 15.3 Å². The van der Waals surface area contributed by atoms with E-state index in [-0.39, 0.29) is 11.7 Å². The minimum Gasteiger partial charge on any atom is -0.351 e. The first-order chi connectivity index (χ1) is 14.6. The lowest BCUT2D eigenvalue weighted by atomic mass is 10.1. The normalized spacial score (nSPS) is 10.9. The van der Waals surface area contributed by atoms with E-state index < -0.39 is 0 Å². The number of amides is 1. The topological polar surface area (TPSA) is 54.9 Å². The van der Waals surface area contributed by atoms with Crippen LogP contribution in [0.25, 0.3) is 22.3 Å².